The maximum Gasteiger partial charge on any atom is 2.00 e. The molecule has 0 bridgehead atoms. The van der Waals surface area contributed by atoms with Gasteiger partial charge in [-0.05, 0) is 0 Å². The van der Waals surface area contributed by atoms with Crippen LogP contribution in [0.4, 0.5) is 0 Å². The second-order valence-corrected chi connectivity index (χ2v) is 7.92. The fourth-order valence-corrected chi connectivity index (χ4v) is 2.01. The Morgan fingerprint density at radius 2 is 1.59 bits per heavy atom. The van der Waals surface area contributed by atoms with Gasteiger partial charge in [-0.2, -0.15) is 52.1 Å². The summed E-state index contributed by atoms with van der Waals surface area (Å²) in [5, 5.41) is 0. The summed E-state index contributed by atoms with van der Waals surface area (Å²) >= 11 is 0. The summed E-state index contributed by atoms with van der Waals surface area (Å²) in [5.41, 5.74) is 7.49. The van der Waals surface area contributed by atoms with E-state index in [1.165, 1.54) is 27.8 Å². The third-order valence-electron chi connectivity index (χ3n) is 3.71. The quantitative estimate of drug-likeness (QED) is 0.389. The second-order valence-electron chi connectivity index (χ2n) is 6.76. The van der Waals surface area contributed by atoms with Crippen LogP contribution in [0.5, 0.6) is 0 Å². The van der Waals surface area contributed by atoms with Gasteiger partial charge < -0.3 is 0 Å². The molecule has 2 aromatic carbocycles. The zero-order valence-electron chi connectivity index (χ0n) is 16.0. The molecule has 0 aliphatic rings. The molecule has 0 saturated carbocycles. The molecule has 1 radical (unpaired) electrons. The summed E-state index contributed by atoms with van der Waals surface area (Å²) in [4.78, 5) is 0. The van der Waals surface area contributed by atoms with E-state index in [9.17, 15) is 0 Å². The van der Waals surface area contributed by atoms with Crippen LogP contribution in [0.15, 0.2) is 30.3 Å². The van der Waals surface area contributed by atoms with E-state index >= 15 is 0 Å². The Hall–Kier alpha value is -0.200. The van der Waals surface area contributed by atoms with Crippen molar-refractivity contribution in [2.24, 2.45) is 0 Å². The van der Waals surface area contributed by atoms with Crippen LogP contribution in [-0.4, -0.2) is 9.52 Å². The Kier molecular flexibility index (Phi) is 12.4. The summed E-state index contributed by atoms with van der Waals surface area (Å²) in [6.07, 6.45) is 0. The number of hydrogen-bond donors (Lipinski definition) is 0. The Bertz CT molecular complexity index is 476. The summed E-state index contributed by atoms with van der Waals surface area (Å²) in [6.45, 7) is 19.8. The van der Waals surface area contributed by atoms with Crippen molar-refractivity contribution in [2.45, 2.75) is 67.0 Å². The molecule has 0 fully saturated rings. The predicted octanol–water partition coefficient (Wildman–Crippen LogP) is 5.86. The molecule has 0 aliphatic heterocycles. The molecule has 22 heavy (non-hydrogen) atoms. The van der Waals surface area contributed by atoms with E-state index in [1.54, 1.807) is 0 Å². The van der Waals surface area contributed by atoms with Crippen molar-refractivity contribution in [1.82, 2.24) is 0 Å². The molecule has 0 saturated heterocycles. The fraction of sp³-hybridized carbons (Fsp3) is 0.500. The molecular weight excluding hydrogens is 360 g/mol. The first-order valence-electron chi connectivity index (χ1n) is 7.81. The Morgan fingerprint density at radius 3 is 1.73 bits per heavy atom. The predicted molar refractivity (Wildman–Crippen MR) is 101 cm³/mol. The SMILES string of the molecule is CC(C)(C)c1cc[cH-]c1.C[SiH]C.Cc1c[c-](C)c(C)c1C.[Zr+2]. The van der Waals surface area contributed by atoms with Crippen LogP contribution >= 0.6 is 0 Å². The average molecular weight is 393 g/mol. The van der Waals surface area contributed by atoms with Gasteiger partial charge in [0.2, 0.25) is 0 Å². The number of hydrogen-bond acceptors (Lipinski definition) is 0. The summed E-state index contributed by atoms with van der Waals surface area (Å²) in [7, 11) is 0.750. The van der Waals surface area contributed by atoms with Crippen LogP contribution in [0.2, 0.25) is 13.1 Å². The maximum absolute atomic E-state index is 2.24. The van der Waals surface area contributed by atoms with Gasteiger partial charge in [0.25, 0.3) is 0 Å². The molecule has 0 spiro atoms. The standard InChI is InChI=1S/2C9H13.C2H7Si.Zr/c1-6-5-7(2)9(4)8(6)3;1-9(2,3)8-6-4-5-7-8;1-3-2;/h5H,1-4H3;4-7H,1-3H3;3H,1-2H3;/q2*-1;;+2. The Balaban J connectivity index is 0. The van der Waals surface area contributed by atoms with Crippen molar-refractivity contribution in [3.8, 4) is 0 Å². The van der Waals surface area contributed by atoms with E-state index in [-0.39, 0.29) is 26.2 Å². The third kappa shape index (κ3) is 8.44. The summed E-state index contributed by atoms with van der Waals surface area (Å²) < 4.78 is 0. The van der Waals surface area contributed by atoms with Gasteiger partial charge in [-0.1, -0.05) is 67.0 Å². The Labute approximate surface area is 160 Å². The zero-order valence-corrected chi connectivity index (χ0v) is 19.6. The molecule has 2 aromatic rings. The van der Waals surface area contributed by atoms with Gasteiger partial charge in [0.05, 0.1) is 0 Å². The molecular formula is C20H33SiZr. The van der Waals surface area contributed by atoms with E-state index in [0.29, 0.717) is 5.41 Å². The van der Waals surface area contributed by atoms with Gasteiger partial charge >= 0.3 is 26.2 Å². The first kappa shape index (κ1) is 24.1. The van der Waals surface area contributed by atoms with Gasteiger partial charge in [0.15, 0.2) is 0 Å². The Morgan fingerprint density at radius 1 is 1.09 bits per heavy atom. The topological polar surface area (TPSA) is 0 Å². The van der Waals surface area contributed by atoms with Crippen molar-refractivity contribution in [2.75, 3.05) is 0 Å². The van der Waals surface area contributed by atoms with E-state index in [4.69, 9.17) is 0 Å². The van der Waals surface area contributed by atoms with Crippen molar-refractivity contribution in [1.29, 1.82) is 0 Å². The van der Waals surface area contributed by atoms with Crippen LogP contribution in [-0.2, 0) is 31.6 Å². The van der Waals surface area contributed by atoms with Gasteiger partial charge in [-0.15, -0.1) is 0 Å². The molecule has 0 nitrogen and oxygen atoms in total. The molecule has 0 unspecified atom stereocenters. The minimum absolute atomic E-state index is 0. The average Bonchev–Trinajstić information content (AvgIpc) is 2.98. The summed E-state index contributed by atoms with van der Waals surface area (Å²) in [6, 6.07) is 10.7. The van der Waals surface area contributed by atoms with Gasteiger partial charge in [0.1, 0.15) is 0 Å². The minimum atomic E-state index is 0. The van der Waals surface area contributed by atoms with Gasteiger partial charge in [0, 0.05) is 9.52 Å². The first-order chi connectivity index (χ1) is 9.65. The van der Waals surface area contributed by atoms with Gasteiger partial charge in [-0.25, -0.2) is 6.07 Å². The van der Waals surface area contributed by atoms with E-state index < -0.39 is 0 Å². The second kappa shape index (κ2) is 11.4. The van der Waals surface area contributed by atoms with Crippen LogP contribution in [0, 0.1) is 27.7 Å². The molecule has 0 amide bonds. The van der Waals surface area contributed by atoms with Crippen LogP contribution in [0.1, 0.15) is 48.6 Å². The van der Waals surface area contributed by atoms with Gasteiger partial charge in [-0.3, -0.25) is 0 Å². The molecule has 0 aliphatic carbocycles. The molecule has 0 heterocycles. The number of aryl methyl sites for hydroxylation is 2. The summed E-state index contributed by atoms with van der Waals surface area (Å²) in [5.74, 6) is 0. The normalized spacial score (nSPS) is 9.86. The van der Waals surface area contributed by atoms with Crippen LogP contribution in [0.25, 0.3) is 0 Å². The van der Waals surface area contributed by atoms with Crippen LogP contribution in [0.3, 0.4) is 0 Å². The van der Waals surface area contributed by atoms with Crippen LogP contribution < -0.4 is 0 Å². The molecule has 2 heteroatoms. The van der Waals surface area contributed by atoms with E-state index in [0.717, 1.165) is 9.52 Å². The molecule has 0 atom stereocenters. The third-order valence-corrected chi connectivity index (χ3v) is 3.71. The minimum Gasteiger partial charge on any atom is -0.210 e. The maximum atomic E-state index is 2.24. The fourth-order valence-electron chi connectivity index (χ4n) is 2.01. The number of rotatable bonds is 0. The van der Waals surface area contributed by atoms with E-state index in [1.807, 2.05) is 0 Å². The monoisotopic (exact) mass is 391 g/mol. The molecule has 2 rings (SSSR count). The smallest absolute Gasteiger partial charge is 0.210 e. The molecule has 0 aromatic heterocycles. The first-order valence-corrected chi connectivity index (χ1v) is 10.1. The van der Waals surface area contributed by atoms with E-state index in [2.05, 4.69) is 91.9 Å². The zero-order chi connectivity index (χ0) is 16.6. The largest absolute Gasteiger partial charge is 2.00 e. The molecule has 121 valence electrons. The van der Waals surface area contributed by atoms with Crippen molar-refractivity contribution in [3.63, 3.8) is 0 Å². The molecule has 0 N–H and O–H groups in total. The van der Waals surface area contributed by atoms with Crippen molar-refractivity contribution >= 4 is 9.52 Å². The van der Waals surface area contributed by atoms with Crippen molar-refractivity contribution in [3.05, 3.63) is 58.1 Å². The van der Waals surface area contributed by atoms with Crippen molar-refractivity contribution < 1.29 is 26.2 Å².